The Balaban J connectivity index is 1.69. The first-order valence-corrected chi connectivity index (χ1v) is 11.9. The predicted molar refractivity (Wildman–Crippen MR) is 129 cm³/mol. The molecule has 3 saturated heterocycles. The number of benzene rings is 1. The molecule has 1 aromatic carbocycles. The molecule has 1 unspecified atom stereocenters. The molecule has 35 heavy (non-hydrogen) atoms. The van der Waals surface area contributed by atoms with Gasteiger partial charge in [-0.25, -0.2) is 19.2 Å². The van der Waals surface area contributed by atoms with Crippen LogP contribution in [0.1, 0.15) is 62.2 Å². The van der Waals surface area contributed by atoms with E-state index in [2.05, 4.69) is 14.9 Å². The van der Waals surface area contributed by atoms with Crippen molar-refractivity contribution in [1.82, 2.24) is 14.9 Å². The number of hydrogen-bond acceptors (Lipinski definition) is 7. The Bertz CT molecular complexity index is 1140. The number of aromatic nitrogens is 2. The van der Waals surface area contributed by atoms with E-state index in [0.717, 1.165) is 42.9 Å². The van der Waals surface area contributed by atoms with Gasteiger partial charge in [-0.3, -0.25) is 15.0 Å². The van der Waals surface area contributed by atoms with E-state index in [9.17, 15) is 14.9 Å². The van der Waals surface area contributed by atoms with Crippen LogP contribution in [0.3, 0.4) is 0 Å². The van der Waals surface area contributed by atoms with Gasteiger partial charge in [0.25, 0.3) is 0 Å². The molecule has 0 spiro atoms. The van der Waals surface area contributed by atoms with Crippen molar-refractivity contribution in [3.8, 4) is 0 Å². The molecule has 4 heterocycles. The molecule has 188 valence electrons. The van der Waals surface area contributed by atoms with Crippen LogP contribution in [0.25, 0.3) is 0 Å². The summed E-state index contributed by atoms with van der Waals surface area (Å²) in [6.07, 6.45) is 1.39. The number of carbonyl (C=O) groups excluding carboxylic acids is 1. The number of rotatable bonds is 5. The van der Waals surface area contributed by atoms with Crippen LogP contribution in [0.4, 0.5) is 20.7 Å². The molecule has 9 nitrogen and oxygen atoms in total. The van der Waals surface area contributed by atoms with E-state index in [4.69, 9.17) is 4.74 Å². The molecule has 0 N–H and O–H groups in total. The minimum absolute atomic E-state index is 0.115. The second-order valence-electron chi connectivity index (χ2n) is 10.4. The Labute approximate surface area is 204 Å². The number of piperidine rings is 3. The minimum atomic E-state index is -0.862. The maximum atomic E-state index is 15.4. The molecule has 3 aliphatic heterocycles. The summed E-state index contributed by atoms with van der Waals surface area (Å²) in [4.78, 5) is 36.1. The monoisotopic (exact) mass is 485 g/mol. The number of halogens is 1. The summed E-state index contributed by atoms with van der Waals surface area (Å²) >= 11 is 0. The largest absolute Gasteiger partial charge is 0.443 e. The summed E-state index contributed by atoms with van der Waals surface area (Å²) in [6, 6.07) is 5.11. The van der Waals surface area contributed by atoms with Crippen LogP contribution in [0, 0.1) is 35.7 Å². The van der Waals surface area contributed by atoms with E-state index < -0.39 is 28.1 Å². The van der Waals surface area contributed by atoms with Crippen molar-refractivity contribution in [2.75, 3.05) is 24.5 Å². The van der Waals surface area contributed by atoms with E-state index in [1.165, 1.54) is 6.92 Å². The van der Waals surface area contributed by atoms with Gasteiger partial charge in [-0.1, -0.05) is 12.1 Å². The maximum absolute atomic E-state index is 15.4. The summed E-state index contributed by atoms with van der Waals surface area (Å²) in [6.45, 7) is 11.0. The van der Waals surface area contributed by atoms with Gasteiger partial charge in [-0.15, -0.1) is 0 Å². The topological polar surface area (TPSA) is 102 Å². The number of aryl methyl sites for hydroxylation is 2. The summed E-state index contributed by atoms with van der Waals surface area (Å²) in [5, 5.41) is 11.8. The highest BCUT2D eigenvalue weighted by molar-refractivity contribution is 5.89. The maximum Gasteiger partial charge on any atom is 0.416 e. The third kappa shape index (κ3) is 5.42. The quantitative estimate of drug-likeness (QED) is 0.439. The summed E-state index contributed by atoms with van der Waals surface area (Å²) < 4.78 is 20.9. The highest BCUT2D eigenvalue weighted by atomic mass is 19.1. The van der Waals surface area contributed by atoms with Crippen LogP contribution in [0.2, 0.25) is 0 Å². The average Bonchev–Trinajstić information content (AvgIpc) is 2.76. The lowest BCUT2D eigenvalue weighted by molar-refractivity contribution is -0.385. The van der Waals surface area contributed by atoms with Crippen LogP contribution in [0.5, 0.6) is 0 Å². The first-order chi connectivity index (χ1) is 16.4. The fourth-order valence-electron chi connectivity index (χ4n) is 5.07. The molecule has 3 aliphatic rings. The average molecular weight is 486 g/mol. The molecule has 0 radical (unpaired) electrons. The molecular weight excluding hydrogens is 453 g/mol. The van der Waals surface area contributed by atoms with Crippen molar-refractivity contribution in [3.05, 3.63) is 56.8 Å². The van der Waals surface area contributed by atoms with Gasteiger partial charge >= 0.3 is 11.8 Å². The molecule has 0 saturated carbocycles. The molecule has 5 rings (SSSR count). The summed E-state index contributed by atoms with van der Waals surface area (Å²) in [5.41, 5.74) is 0.0162. The molecule has 3 fully saturated rings. The van der Waals surface area contributed by atoms with Crippen molar-refractivity contribution in [1.29, 1.82) is 0 Å². The normalized spacial score (nSPS) is 21.6. The predicted octanol–water partition coefficient (Wildman–Crippen LogP) is 4.89. The minimum Gasteiger partial charge on any atom is -0.443 e. The van der Waals surface area contributed by atoms with Crippen molar-refractivity contribution >= 4 is 17.6 Å². The number of hydrogen-bond donors (Lipinski definition) is 0. The van der Waals surface area contributed by atoms with Gasteiger partial charge in [0.05, 0.1) is 11.5 Å². The number of ether oxygens (including phenoxy) is 1. The van der Waals surface area contributed by atoms with Crippen LogP contribution in [-0.2, 0) is 11.3 Å². The molecule has 2 bridgehead atoms. The van der Waals surface area contributed by atoms with Gasteiger partial charge in [-0.05, 0) is 84.0 Å². The Morgan fingerprint density at radius 3 is 2.49 bits per heavy atom. The molecule has 2 aromatic rings. The number of amides is 1. The molecule has 1 atom stereocenters. The lowest BCUT2D eigenvalue weighted by atomic mass is 9.75. The van der Waals surface area contributed by atoms with Crippen molar-refractivity contribution in [2.45, 2.75) is 65.5 Å². The number of anilines is 1. The SMILES string of the molecule is Cc1nc(C)c([N+](=O)[O-])c(N(Cc2ccc(C3CN4CCC3CC4)cc2F)C(=O)OC(C)(C)C)n1. The van der Waals surface area contributed by atoms with E-state index in [1.807, 2.05) is 6.07 Å². The van der Waals surface area contributed by atoms with Crippen LogP contribution < -0.4 is 4.90 Å². The van der Waals surface area contributed by atoms with Crippen LogP contribution in [0.15, 0.2) is 18.2 Å². The van der Waals surface area contributed by atoms with Crippen LogP contribution in [-0.4, -0.2) is 51.1 Å². The Kier molecular flexibility index (Phi) is 6.77. The smallest absolute Gasteiger partial charge is 0.416 e. The number of carbonyl (C=O) groups is 1. The van der Waals surface area contributed by atoms with E-state index >= 15 is 4.39 Å². The Hall–Kier alpha value is -3.14. The first-order valence-electron chi connectivity index (χ1n) is 11.9. The molecule has 1 amide bonds. The van der Waals surface area contributed by atoms with E-state index in [1.54, 1.807) is 39.8 Å². The zero-order valence-corrected chi connectivity index (χ0v) is 20.9. The fraction of sp³-hybridized carbons (Fsp3) is 0.560. The van der Waals surface area contributed by atoms with Gasteiger partial charge in [-0.2, -0.15) is 0 Å². The molecule has 10 heteroatoms. The number of fused-ring (bicyclic) bond motifs is 3. The third-order valence-electron chi connectivity index (χ3n) is 6.69. The Morgan fingerprint density at radius 2 is 1.94 bits per heavy atom. The number of nitro groups is 1. The second kappa shape index (κ2) is 9.49. The zero-order valence-electron chi connectivity index (χ0n) is 20.9. The van der Waals surface area contributed by atoms with Gasteiger partial charge < -0.3 is 9.64 Å². The standard InChI is InChI=1S/C25H32FN5O4/c1-15-22(31(33)34)23(28-16(2)27-15)30(24(32)35-25(3,4)5)13-19-7-6-18(12-21(19)26)20-14-29-10-8-17(20)9-11-29/h6-7,12,17,20H,8-11,13-14H2,1-5H3. The third-order valence-corrected chi connectivity index (χ3v) is 6.69. The summed E-state index contributed by atoms with van der Waals surface area (Å²) in [5.74, 6) is 0.428. The van der Waals surface area contributed by atoms with Crippen molar-refractivity contribution in [3.63, 3.8) is 0 Å². The molecule has 0 aliphatic carbocycles. The van der Waals surface area contributed by atoms with Gasteiger partial charge in [0.1, 0.15) is 22.9 Å². The lowest BCUT2D eigenvalue weighted by Gasteiger charge is -2.45. The highest BCUT2D eigenvalue weighted by Gasteiger charge is 2.36. The highest BCUT2D eigenvalue weighted by Crippen LogP contribution is 2.39. The number of nitrogens with zero attached hydrogens (tertiary/aromatic N) is 5. The second-order valence-corrected chi connectivity index (χ2v) is 10.4. The summed E-state index contributed by atoms with van der Waals surface area (Å²) in [7, 11) is 0. The zero-order chi connectivity index (χ0) is 25.5. The molecular formula is C25H32FN5O4. The lowest BCUT2D eigenvalue weighted by Crippen LogP contribution is -2.46. The van der Waals surface area contributed by atoms with E-state index in [-0.39, 0.29) is 35.4 Å². The van der Waals surface area contributed by atoms with Gasteiger partial charge in [0, 0.05) is 12.1 Å². The first kappa shape index (κ1) is 25.0. The molecule has 1 aromatic heterocycles. The van der Waals surface area contributed by atoms with E-state index in [0.29, 0.717) is 5.92 Å². The van der Waals surface area contributed by atoms with Gasteiger partial charge in [0.15, 0.2) is 0 Å². The van der Waals surface area contributed by atoms with Crippen molar-refractivity contribution < 1.29 is 18.8 Å². The fourth-order valence-corrected chi connectivity index (χ4v) is 5.07. The Morgan fingerprint density at radius 1 is 1.26 bits per heavy atom. The van der Waals surface area contributed by atoms with Gasteiger partial charge in [0.2, 0.25) is 5.82 Å². The van der Waals surface area contributed by atoms with Crippen LogP contribution >= 0.6 is 0 Å². The van der Waals surface area contributed by atoms with Crippen molar-refractivity contribution in [2.24, 2.45) is 5.92 Å².